The Balaban J connectivity index is 1.28. The van der Waals surface area contributed by atoms with Gasteiger partial charge in [-0.25, -0.2) is 0 Å². The molecule has 1 atom stereocenters. The highest BCUT2D eigenvalue weighted by Gasteiger charge is 2.47. The van der Waals surface area contributed by atoms with Crippen LogP contribution in [0.3, 0.4) is 0 Å². The number of aromatic nitrogens is 2. The number of H-pyrrole nitrogens is 1. The van der Waals surface area contributed by atoms with Crippen LogP contribution < -0.4 is 0 Å². The smallest absolute Gasteiger partial charge is 0.152 e. The lowest BCUT2D eigenvalue weighted by Crippen LogP contribution is -2.47. The van der Waals surface area contributed by atoms with Crippen molar-refractivity contribution in [3.05, 3.63) is 65.5 Å². The molecule has 5 nitrogen and oxygen atoms in total. The second kappa shape index (κ2) is 6.11. The average Bonchev–Trinajstić information content (AvgIpc) is 3.38. The van der Waals surface area contributed by atoms with Gasteiger partial charge in [0.25, 0.3) is 0 Å². The summed E-state index contributed by atoms with van der Waals surface area (Å²) in [6.07, 6.45) is 4.27. The number of piperidine rings is 1. The van der Waals surface area contributed by atoms with Crippen LogP contribution in [0.2, 0.25) is 0 Å². The van der Waals surface area contributed by atoms with E-state index in [2.05, 4.69) is 39.4 Å². The lowest BCUT2D eigenvalue weighted by Gasteiger charge is -2.42. The van der Waals surface area contributed by atoms with Crippen molar-refractivity contribution in [2.75, 3.05) is 13.1 Å². The Hall–Kier alpha value is -2.37. The molecule has 1 aliphatic heterocycles. The Morgan fingerprint density at radius 2 is 2.00 bits per heavy atom. The molecule has 0 amide bonds. The second-order valence-corrected chi connectivity index (χ2v) is 7.55. The van der Waals surface area contributed by atoms with E-state index in [1.807, 2.05) is 18.2 Å². The van der Waals surface area contributed by atoms with Gasteiger partial charge in [0.15, 0.2) is 5.76 Å². The minimum atomic E-state index is -0.252. The van der Waals surface area contributed by atoms with Gasteiger partial charge in [0.1, 0.15) is 11.5 Å². The highest BCUT2D eigenvalue weighted by molar-refractivity contribution is 5.51. The molecule has 0 saturated carbocycles. The van der Waals surface area contributed by atoms with Crippen LogP contribution in [0.5, 0.6) is 0 Å². The number of hydrogen-bond donors (Lipinski definition) is 2. The Morgan fingerprint density at radius 1 is 1.15 bits per heavy atom. The number of rotatable bonds is 3. The number of aliphatic hydroxyl groups is 1. The van der Waals surface area contributed by atoms with Crippen molar-refractivity contribution < 1.29 is 9.52 Å². The molecule has 1 spiro atoms. The first kappa shape index (κ1) is 15.9. The molecule has 3 heterocycles. The SMILES string of the molecule is OC1Cc2ccccc2C12CCN(Cc1ccc(-c3ccn[nH]3)o1)CC2. The quantitative estimate of drug-likeness (QED) is 0.762. The van der Waals surface area contributed by atoms with Gasteiger partial charge in [0, 0.05) is 11.6 Å². The zero-order valence-corrected chi connectivity index (χ0v) is 14.7. The molecule has 2 aromatic heterocycles. The fraction of sp³-hybridized carbons (Fsp3) is 0.381. The largest absolute Gasteiger partial charge is 0.458 e. The summed E-state index contributed by atoms with van der Waals surface area (Å²) in [4.78, 5) is 2.43. The van der Waals surface area contributed by atoms with Crippen molar-refractivity contribution in [1.29, 1.82) is 0 Å². The van der Waals surface area contributed by atoms with Crippen LogP contribution in [-0.2, 0) is 18.4 Å². The minimum Gasteiger partial charge on any atom is -0.458 e. The summed E-state index contributed by atoms with van der Waals surface area (Å²) in [6.45, 7) is 2.76. The van der Waals surface area contributed by atoms with Crippen LogP contribution in [-0.4, -0.2) is 39.4 Å². The van der Waals surface area contributed by atoms with Crippen LogP contribution in [0.15, 0.2) is 53.1 Å². The van der Waals surface area contributed by atoms with Gasteiger partial charge in [0.2, 0.25) is 0 Å². The Labute approximate surface area is 152 Å². The standard InChI is InChI=1S/C21H23N3O2/c25-20-13-15-3-1-2-4-17(15)21(20)8-11-24(12-9-21)14-16-5-6-19(26-16)18-7-10-22-23-18/h1-7,10,20,25H,8-9,11-14H2,(H,22,23). The van der Waals surface area contributed by atoms with E-state index < -0.39 is 0 Å². The number of furan rings is 1. The van der Waals surface area contributed by atoms with Gasteiger partial charge < -0.3 is 9.52 Å². The van der Waals surface area contributed by atoms with Crippen molar-refractivity contribution in [3.8, 4) is 11.5 Å². The van der Waals surface area contributed by atoms with E-state index in [0.717, 1.165) is 56.1 Å². The zero-order valence-electron chi connectivity index (χ0n) is 14.7. The number of nitrogens with zero attached hydrogens (tertiary/aromatic N) is 2. The molecule has 1 saturated heterocycles. The molecule has 134 valence electrons. The van der Waals surface area contributed by atoms with E-state index in [1.54, 1.807) is 6.20 Å². The highest BCUT2D eigenvalue weighted by atomic mass is 16.3. The van der Waals surface area contributed by atoms with E-state index in [0.29, 0.717) is 0 Å². The summed E-state index contributed by atoms with van der Waals surface area (Å²) in [6, 6.07) is 14.5. The fourth-order valence-electron chi connectivity index (χ4n) is 4.70. The molecule has 2 N–H and O–H groups in total. The second-order valence-electron chi connectivity index (χ2n) is 7.55. The van der Waals surface area contributed by atoms with Crippen molar-refractivity contribution in [1.82, 2.24) is 15.1 Å². The van der Waals surface area contributed by atoms with Crippen molar-refractivity contribution >= 4 is 0 Å². The third kappa shape index (κ3) is 2.50. The number of fused-ring (bicyclic) bond motifs is 2. The summed E-state index contributed by atoms with van der Waals surface area (Å²) in [5, 5.41) is 17.7. The molecule has 1 unspecified atom stereocenters. The van der Waals surface area contributed by atoms with Crippen LogP contribution in [0.4, 0.5) is 0 Å². The maximum atomic E-state index is 10.8. The molecular weight excluding hydrogens is 326 g/mol. The zero-order chi connectivity index (χ0) is 17.6. The summed E-state index contributed by atoms with van der Waals surface area (Å²) in [5.41, 5.74) is 3.53. The average molecular weight is 349 g/mol. The topological polar surface area (TPSA) is 65.3 Å². The molecule has 1 fully saturated rings. The summed E-state index contributed by atoms with van der Waals surface area (Å²) >= 11 is 0. The molecule has 0 radical (unpaired) electrons. The Kier molecular flexibility index (Phi) is 3.72. The lowest BCUT2D eigenvalue weighted by atomic mass is 9.72. The van der Waals surface area contributed by atoms with Crippen LogP contribution in [0, 0.1) is 0 Å². The molecule has 26 heavy (non-hydrogen) atoms. The van der Waals surface area contributed by atoms with E-state index in [1.165, 1.54) is 11.1 Å². The van der Waals surface area contributed by atoms with Gasteiger partial charge >= 0.3 is 0 Å². The van der Waals surface area contributed by atoms with Gasteiger partial charge in [-0.15, -0.1) is 0 Å². The van der Waals surface area contributed by atoms with E-state index >= 15 is 0 Å². The first-order valence-corrected chi connectivity index (χ1v) is 9.32. The van der Waals surface area contributed by atoms with Gasteiger partial charge in [-0.2, -0.15) is 5.10 Å². The summed E-state index contributed by atoms with van der Waals surface area (Å²) in [7, 11) is 0. The number of hydrogen-bond acceptors (Lipinski definition) is 4. The number of nitrogens with one attached hydrogen (secondary N) is 1. The van der Waals surface area contributed by atoms with E-state index in [-0.39, 0.29) is 11.5 Å². The van der Waals surface area contributed by atoms with Crippen LogP contribution in [0.25, 0.3) is 11.5 Å². The van der Waals surface area contributed by atoms with Crippen LogP contribution >= 0.6 is 0 Å². The van der Waals surface area contributed by atoms with Crippen molar-refractivity contribution in [2.45, 2.75) is 37.3 Å². The Morgan fingerprint density at radius 3 is 2.81 bits per heavy atom. The predicted octanol–water partition coefficient (Wildman–Crippen LogP) is 3.12. The third-order valence-corrected chi connectivity index (χ3v) is 6.16. The van der Waals surface area contributed by atoms with E-state index in [4.69, 9.17) is 4.42 Å². The first-order valence-electron chi connectivity index (χ1n) is 9.32. The highest BCUT2D eigenvalue weighted by Crippen LogP contribution is 2.46. The maximum absolute atomic E-state index is 10.8. The number of likely N-dealkylation sites (tertiary alicyclic amines) is 1. The maximum Gasteiger partial charge on any atom is 0.152 e. The molecule has 2 aliphatic rings. The van der Waals surface area contributed by atoms with Gasteiger partial charge in [-0.3, -0.25) is 10.00 Å². The molecule has 5 heteroatoms. The first-order chi connectivity index (χ1) is 12.7. The van der Waals surface area contributed by atoms with Crippen molar-refractivity contribution in [3.63, 3.8) is 0 Å². The molecule has 5 rings (SSSR count). The minimum absolute atomic E-state index is 0.0582. The molecule has 1 aromatic carbocycles. The lowest BCUT2D eigenvalue weighted by molar-refractivity contribution is 0.0397. The number of aromatic amines is 1. The third-order valence-electron chi connectivity index (χ3n) is 6.16. The monoisotopic (exact) mass is 349 g/mol. The summed E-state index contributed by atoms with van der Waals surface area (Å²) < 4.78 is 5.96. The molecule has 0 bridgehead atoms. The van der Waals surface area contributed by atoms with E-state index in [9.17, 15) is 5.11 Å². The number of aliphatic hydroxyl groups excluding tert-OH is 1. The van der Waals surface area contributed by atoms with Crippen molar-refractivity contribution in [2.24, 2.45) is 0 Å². The van der Waals surface area contributed by atoms with Crippen LogP contribution in [0.1, 0.15) is 29.7 Å². The predicted molar refractivity (Wildman–Crippen MR) is 98.6 cm³/mol. The van der Waals surface area contributed by atoms with Gasteiger partial charge in [0.05, 0.1) is 12.6 Å². The van der Waals surface area contributed by atoms with Gasteiger partial charge in [-0.05, 0) is 61.7 Å². The Bertz CT molecular complexity index is 892. The molecular formula is C21H23N3O2. The van der Waals surface area contributed by atoms with Gasteiger partial charge in [-0.1, -0.05) is 24.3 Å². The number of benzene rings is 1. The molecule has 1 aliphatic carbocycles. The normalized spacial score (nSPS) is 22.0. The fourth-order valence-corrected chi connectivity index (χ4v) is 4.70. The summed E-state index contributed by atoms with van der Waals surface area (Å²) in [5.74, 6) is 1.80. The molecule has 3 aromatic rings.